The van der Waals surface area contributed by atoms with Gasteiger partial charge in [0.05, 0.1) is 11.6 Å². The lowest BCUT2D eigenvalue weighted by Gasteiger charge is -2.29. The molecule has 0 bridgehead atoms. The van der Waals surface area contributed by atoms with Gasteiger partial charge in [-0.2, -0.15) is 0 Å². The van der Waals surface area contributed by atoms with Crippen LogP contribution in [0, 0.1) is 0 Å². The van der Waals surface area contributed by atoms with Gasteiger partial charge < -0.3 is 19.3 Å². The molecule has 6 nitrogen and oxygen atoms in total. The standard InChI is InChI=1S/C15H15ClO6/c1-4-20-11-7-8(6-10(16)12(11)17)5-9-13(18)21-15(2,3)22-14(9)19/h5-7,17H,4H2,1-3H3. The van der Waals surface area contributed by atoms with Crippen molar-refractivity contribution in [2.75, 3.05) is 6.61 Å². The molecule has 0 aromatic heterocycles. The summed E-state index contributed by atoms with van der Waals surface area (Å²) in [4.78, 5) is 23.8. The van der Waals surface area contributed by atoms with E-state index in [9.17, 15) is 14.7 Å². The molecule has 0 spiro atoms. The van der Waals surface area contributed by atoms with Crippen LogP contribution in [0.4, 0.5) is 0 Å². The van der Waals surface area contributed by atoms with E-state index in [2.05, 4.69) is 0 Å². The highest BCUT2D eigenvalue weighted by molar-refractivity contribution is 6.32. The fourth-order valence-corrected chi connectivity index (χ4v) is 2.11. The van der Waals surface area contributed by atoms with Crippen molar-refractivity contribution in [2.45, 2.75) is 26.6 Å². The zero-order chi connectivity index (χ0) is 16.5. The maximum atomic E-state index is 11.9. The Kier molecular flexibility index (Phi) is 4.32. The van der Waals surface area contributed by atoms with Crippen molar-refractivity contribution in [1.82, 2.24) is 0 Å². The number of hydrogen-bond acceptors (Lipinski definition) is 6. The summed E-state index contributed by atoms with van der Waals surface area (Å²) in [5.74, 6) is -2.93. The molecule has 1 aliphatic rings. The first kappa shape index (κ1) is 16.2. The average molecular weight is 327 g/mol. The van der Waals surface area contributed by atoms with Crippen molar-refractivity contribution in [1.29, 1.82) is 0 Å². The second kappa shape index (κ2) is 5.88. The van der Waals surface area contributed by atoms with Crippen molar-refractivity contribution in [3.63, 3.8) is 0 Å². The topological polar surface area (TPSA) is 82.1 Å². The molecule has 22 heavy (non-hydrogen) atoms. The number of carbonyl (C=O) groups excluding carboxylic acids is 2. The number of hydrogen-bond donors (Lipinski definition) is 1. The van der Waals surface area contributed by atoms with Crippen LogP contribution >= 0.6 is 11.6 Å². The molecule has 7 heteroatoms. The summed E-state index contributed by atoms with van der Waals surface area (Å²) in [5, 5.41) is 9.81. The van der Waals surface area contributed by atoms with Gasteiger partial charge in [0.15, 0.2) is 11.5 Å². The van der Waals surface area contributed by atoms with Crippen LogP contribution in [-0.4, -0.2) is 29.4 Å². The van der Waals surface area contributed by atoms with Crippen LogP contribution in [0.5, 0.6) is 11.5 Å². The molecule has 1 aromatic rings. The van der Waals surface area contributed by atoms with Gasteiger partial charge in [0.2, 0.25) is 0 Å². The largest absolute Gasteiger partial charge is 0.503 e. The molecule has 2 rings (SSSR count). The van der Waals surface area contributed by atoms with Crippen LogP contribution in [0.2, 0.25) is 5.02 Å². The maximum Gasteiger partial charge on any atom is 0.348 e. The number of phenolic OH excluding ortho intramolecular Hbond substituents is 1. The number of rotatable bonds is 3. The fourth-order valence-electron chi connectivity index (χ4n) is 1.89. The van der Waals surface area contributed by atoms with Gasteiger partial charge in [-0.3, -0.25) is 0 Å². The van der Waals surface area contributed by atoms with Crippen LogP contribution in [0.25, 0.3) is 6.08 Å². The average Bonchev–Trinajstić information content (AvgIpc) is 2.38. The quantitative estimate of drug-likeness (QED) is 0.522. The van der Waals surface area contributed by atoms with Gasteiger partial charge >= 0.3 is 11.9 Å². The minimum atomic E-state index is -1.30. The SMILES string of the molecule is CCOc1cc(C=C2C(=O)OC(C)(C)OC2=O)cc(Cl)c1O. The minimum Gasteiger partial charge on any atom is -0.503 e. The summed E-state index contributed by atoms with van der Waals surface area (Å²) in [7, 11) is 0. The predicted molar refractivity (Wildman–Crippen MR) is 78.5 cm³/mol. The molecule has 0 saturated carbocycles. The number of esters is 2. The highest BCUT2D eigenvalue weighted by Crippen LogP contribution is 2.36. The molecule has 0 aliphatic carbocycles. The van der Waals surface area contributed by atoms with E-state index in [1.54, 1.807) is 6.92 Å². The lowest BCUT2D eigenvalue weighted by atomic mass is 10.1. The van der Waals surface area contributed by atoms with Crippen molar-refractivity contribution < 1.29 is 28.9 Å². The Morgan fingerprint density at radius 2 is 1.86 bits per heavy atom. The van der Waals surface area contributed by atoms with E-state index >= 15 is 0 Å². The fraction of sp³-hybridized carbons (Fsp3) is 0.333. The zero-order valence-corrected chi connectivity index (χ0v) is 13.1. The minimum absolute atomic E-state index is 0.0377. The number of ether oxygens (including phenoxy) is 3. The normalized spacial score (nSPS) is 16.8. The van der Waals surface area contributed by atoms with Gasteiger partial charge in [-0.15, -0.1) is 0 Å². The summed E-state index contributed by atoms with van der Waals surface area (Å²) < 4.78 is 15.2. The molecule has 1 aliphatic heterocycles. The number of cyclic esters (lactones) is 2. The van der Waals surface area contributed by atoms with E-state index in [1.807, 2.05) is 0 Å². The Morgan fingerprint density at radius 1 is 1.27 bits per heavy atom. The first-order chi connectivity index (χ1) is 10.2. The van der Waals surface area contributed by atoms with E-state index in [0.29, 0.717) is 12.2 Å². The first-order valence-electron chi connectivity index (χ1n) is 6.57. The molecule has 0 atom stereocenters. The molecule has 1 fully saturated rings. The van der Waals surface area contributed by atoms with Gasteiger partial charge in [-0.05, 0) is 30.7 Å². The third-order valence-corrected chi connectivity index (χ3v) is 3.07. The first-order valence-corrected chi connectivity index (χ1v) is 6.95. The molecular formula is C15H15ClO6. The van der Waals surface area contributed by atoms with Gasteiger partial charge in [0, 0.05) is 13.8 Å². The van der Waals surface area contributed by atoms with Gasteiger partial charge in [0.1, 0.15) is 5.57 Å². The third kappa shape index (κ3) is 3.33. The van der Waals surface area contributed by atoms with E-state index in [0.717, 1.165) is 0 Å². The van der Waals surface area contributed by atoms with Gasteiger partial charge in [0.25, 0.3) is 5.79 Å². The molecule has 118 valence electrons. The number of benzene rings is 1. The molecule has 1 saturated heterocycles. The lowest BCUT2D eigenvalue weighted by Crippen LogP contribution is -2.41. The summed E-state index contributed by atoms with van der Waals surface area (Å²) >= 11 is 5.90. The van der Waals surface area contributed by atoms with E-state index in [4.69, 9.17) is 25.8 Å². The summed E-state index contributed by atoms with van der Waals surface area (Å²) in [6, 6.07) is 2.85. The zero-order valence-electron chi connectivity index (χ0n) is 12.3. The Labute approximate surface area is 132 Å². The summed E-state index contributed by atoms with van der Waals surface area (Å²) in [6.45, 7) is 4.99. The Balaban J connectivity index is 2.41. The number of aromatic hydroxyl groups is 1. The van der Waals surface area contributed by atoms with Gasteiger partial charge in [-0.25, -0.2) is 9.59 Å². The van der Waals surface area contributed by atoms with Crippen molar-refractivity contribution in [2.24, 2.45) is 0 Å². The van der Waals surface area contributed by atoms with Crippen molar-refractivity contribution >= 4 is 29.6 Å². The second-order valence-electron chi connectivity index (χ2n) is 5.02. The summed E-state index contributed by atoms with van der Waals surface area (Å²) in [5.41, 5.74) is 0.137. The Bertz CT molecular complexity index is 640. The van der Waals surface area contributed by atoms with E-state index < -0.39 is 17.7 Å². The van der Waals surface area contributed by atoms with Gasteiger partial charge in [-0.1, -0.05) is 11.6 Å². The monoisotopic (exact) mass is 326 g/mol. The molecule has 0 amide bonds. The number of halogens is 1. The van der Waals surface area contributed by atoms with Crippen LogP contribution in [0.15, 0.2) is 17.7 Å². The highest BCUT2D eigenvalue weighted by Gasteiger charge is 2.38. The van der Waals surface area contributed by atoms with Crippen molar-refractivity contribution in [3.8, 4) is 11.5 Å². The number of carbonyl (C=O) groups is 2. The molecular weight excluding hydrogens is 312 g/mol. The van der Waals surface area contributed by atoms with Crippen LogP contribution in [-0.2, 0) is 19.1 Å². The predicted octanol–water partition coefficient (Wildman–Crippen LogP) is 2.66. The summed E-state index contributed by atoms with van der Waals surface area (Å²) in [6.07, 6.45) is 1.27. The second-order valence-corrected chi connectivity index (χ2v) is 5.43. The number of phenols is 1. The Hall–Kier alpha value is -2.21. The van der Waals surface area contributed by atoms with Crippen LogP contribution < -0.4 is 4.74 Å². The van der Waals surface area contributed by atoms with Crippen LogP contribution in [0.3, 0.4) is 0 Å². The molecule has 1 N–H and O–H groups in total. The molecule has 0 unspecified atom stereocenters. The van der Waals surface area contributed by atoms with E-state index in [1.165, 1.54) is 32.1 Å². The molecule has 0 radical (unpaired) electrons. The highest BCUT2D eigenvalue weighted by atomic mass is 35.5. The molecule has 1 heterocycles. The molecule has 1 aromatic carbocycles. The van der Waals surface area contributed by atoms with Crippen molar-refractivity contribution in [3.05, 3.63) is 28.3 Å². The smallest absolute Gasteiger partial charge is 0.348 e. The maximum absolute atomic E-state index is 11.9. The van der Waals surface area contributed by atoms with E-state index in [-0.39, 0.29) is 22.1 Å². The van der Waals surface area contributed by atoms with Crippen LogP contribution in [0.1, 0.15) is 26.3 Å². The third-order valence-electron chi connectivity index (χ3n) is 2.78. The Morgan fingerprint density at radius 3 is 2.41 bits per heavy atom. The lowest BCUT2D eigenvalue weighted by molar-refractivity contribution is -0.222.